The van der Waals surface area contributed by atoms with Gasteiger partial charge in [0.2, 0.25) is 0 Å². The zero-order chi connectivity index (χ0) is 10.6. The Labute approximate surface area is 79.5 Å². The first-order valence-corrected chi connectivity index (χ1v) is 3.86. The second-order valence-corrected chi connectivity index (χ2v) is 2.60. The number of rotatable bonds is 4. The summed E-state index contributed by atoms with van der Waals surface area (Å²) in [4.78, 5) is 31.0. The lowest BCUT2D eigenvalue weighted by molar-refractivity contribution is -0.384. The van der Waals surface area contributed by atoms with Crippen LogP contribution in [0.5, 0.6) is 0 Å². The average Bonchev–Trinajstić information content (AvgIpc) is 2.18. The van der Waals surface area contributed by atoms with Crippen molar-refractivity contribution in [1.82, 2.24) is 0 Å². The van der Waals surface area contributed by atoms with Crippen LogP contribution in [0.1, 0.15) is 16.8 Å². The standard InChI is InChI=1S/C9H7NO4/c11-5-4-9(12)7-2-1-3-8(6-7)10(13)14/h1-3,5-6H,4H2. The predicted molar refractivity (Wildman–Crippen MR) is 48.1 cm³/mol. The zero-order valence-corrected chi connectivity index (χ0v) is 7.17. The number of Topliss-reactive ketones (excluding diaryl/α,β-unsaturated/α-hetero) is 1. The molecule has 0 spiro atoms. The summed E-state index contributed by atoms with van der Waals surface area (Å²) in [5.41, 5.74) is 0.0352. The molecule has 0 saturated carbocycles. The van der Waals surface area contributed by atoms with Crippen LogP contribution >= 0.6 is 0 Å². The van der Waals surface area contributed by atoms with Crippen LogP contribution < -0.4 is 0 Å². The van der Waals surface area contributed by atoms with Crippen molar-refractivity contribution in [2.75, 3.05) is 0 Å². The van der Waals surface area contributed by atoms with Gasteiger partial charge in [0.25, 0.3) is 5.69 Å². The van der Waals surface area contributed by atoms with Crippen molar-refractivity contribution in [2.45, 2.75) is 6.42 Å². The van der Waals surface area contributed by atoms with E-state index in [0.29, 0.717) is 6.29 Å². The van der Waals surface area contributed by atoms with E-state index in [4.69, 9.17) is 0 Å². The number of non-ortho nitro benzene ring substituents is 1. The molecular formula is C9H7NO4. The van der Waals surface area contributed by atoms with Gasteiger partial charge in [-0.3, -0.25) is 14.9 Å². The molecule has 1 rings (SSSR count). The van der Waals surface area contributed by atoms with E-state index in [1.807, 2.05) is 0 Å². The fourth-order valence-corrected chi connectivity index (χ4v) is 0.986. The van der Waals surface area contributed by atoms with Gasteiger partial charge in [0.1, 0.15) is 6.29 Å². The van der Waals surface area contributed by atoms with E-state index in [0.717, 1.165) is 6.07 Å². The number of aldehydes is 1. The quantitative estimate of drug-likeness (QED) is 0.238. The smallest absolute Gasteiger partial charge is 0.270 e. The van der Waals surface area contributed by atoms with E-state index < -0.39 is 10.7 Å². The van der Waals surface area contributed by atoms with Crippen molar-refractivity contribution in [3.63, 3.8) is 0 Å². The van der Waals surface area contributed by atoms with E-state index in [-0.39, 0.29) is 17.7 Å². The van der Waals surface area contributed by atoms with Crippen molar-refractivity contribution in [3.8, 4) is 0 Å². The molecule has 5 nitrogen and oxygen atoms in total. The minimum atomic E-state index is -0.586. The molecular weight excluding hydrogens is 186 g/mol. The Morgan fingerprint density at radius 1 is 1.50 bits per heavy atom. The molecule has 0 aliphatic heterocycles. The lowest BCUT2D eigenvalue weighted by Gasteiger charge is -1.96. The van der Waals surface area contributed by atoms with E-state index in [2.05, 4.69) is 0 Å². The summed E-state index contributed by atoms with van der Waals surface area (Å²) >= 11 is 0. The fourth-order valence-electron chi connectivity index (χ4n) is 0.986. The van der Waals surface area contributed by atoms with Gasteiger partial charge in [0.05, 0.1) is 11.3 Å². The molecule has 0 aliphatic carbocycles. The van der Waals surface area contributed by atoms with Gasteiger partial charge in [-0.25, -0.2) is 0 Å². The van der Waals surface area contributed by atoms with Gasteiger partial charge in [-0.05, 0) is 0 Å². The molecule has 72 valence electrons. The number of ketones is 1. The maximum absolute atomic E-state index is 11.2. The number of hydrogen-bond donors (Lipinski definition) is 0. The molecule has 0 saturated heterocycles. The Hall–Kier alpha value is -2.04. The minimum absolute atomic E-state index is 0.151. The van der Waals surface area contributed by atoms with Gasteiger partial charge in [-0.1, -0.05) is 12.1 Å². The molecule has 1 aromatic carbocycles. The monoisotopic (exact) mass is 193 g/mol. The van der Waals surface area contributed by atoms with Crippen LogP contribution in [0.3, 0.4) is 0 Å². The Morgan fingerprint density at radius 2 is 2.21 bits per heavy atom. The highest BCUT2D eigenvalue weighted by atomic mass is 16.6. The first-order chi connectivity index (χ1) is 6.65. The van der Waals surface area contributed by atoms with E-state index in [1.54, 1.807) is 0 Å². The second kappa shape index (κ2) is 4.27. The molecule has 14 heavy (non-hydrogen) atoms. The summed E-state index contributed by atoms with van der Waals surface area (Å²) in [7, 11) is 0. The molecule has 5 heteroatoms. The van der Waals surface area contributed by atoms with Crippen LogP contribution in [0.15, 0.2) is 24.3 Å². The van der Waals surface area contributed by atoms with Gasteiger partial charge in [-0.2, -0.15) is 0 Å². The maximum Gasteiger partial charge on any atom is 0.270 e. The molecule has 0 aromatic heterocycles. The van der Waals surface area contributed by atoms with Crippen LogP contribution in [-0.4, -0.2) is 17.0 Å². The first kappa shape index (κ1) is 10.0. The molecule has 0 radical (unpaired) electrons. The van der Waals surface area contributed by atoms with Crippen LogP contribution in [0.4, 0.5) is 5.69 Å². The largest absolute Gasteiger partial charge is 0.303 e. The highest BCUT2D eigenvalue weighted by Gasteiger charge is 2.10. The Bertz CT molecular complexity index is 386. The van der Waals surface area contributed by atoms with Gasteiger partial charge in [0, 0.05) is 17.7 Å². The maximum atomic E-state index is 11.2. The van der Waals surface area contributed by atoms with Crippen molar-refractivity contribution < 1.29 is 14.5 Å². The van der Waals surface area contributed by atoms with Crippen LogP contribution in [0.25, 0.3) is 0 Å². The summed E-state index contributed by atoms with van der Waals surface area (Å²) < 4.78 is 0. The van der Waals surface area contributed by atoms with Gasteiger partial charge < -0.3 is 4.79 Å². The average molecular weight is 193 g/mol. The minimum Gasteiger partial charge on any atom is -0.303 e. The highest BCUT2D eigenvalue weighted by Crippen LogP contribution is 2.13. The SMILES string of the molecule is O=CCC(=O)c1cccc([N+](=O)[O-])c1. The van der Waals surface area contributed by atoms with Crippen LogP contribution in [0, 0.1) is 10.1 Å². The fraction of sp³-hybridized carbons (Fsp3) is 0.111. The second-order valence-electron chi connectivity index (χ2n) is 2.60. The normalized spacial score (nSPS) is 9.43. The van der Waals surface area contributed by atoms with Crippen LogP contribution in [-0.2, 0) is 4.79 Å². The number of nitro benzene ring substituents is 1. The van der Waals surface area contributed by atoms with Crippen molar-refractivity contribution in [3.05, 3.63) is 39.9 Å². The number of benzene rings is 1. The zero-order valence-electron chi connectivity index (χ0n) is 7.17. The number of hydrogen-bond acceptors (Lipinski definition) is 4. The number of nitro groups is 1. The lowest BCUT2D eigenvalue weighted by atomic mass is 10.1. The summed E-state index contributed by atoms with van der Waals surface area (Å²) in [5.74, 6) is -0.413. The van der Waals surface area contributed by atoms with Crippen molar-refractivity contribution in [2.24, 2.45) is 0 Å². The summed E-state index contributed by atoms with van der Waals surface area (Å²) in [6.45, 7) is 0. The molecule has 0 aliphatic rings. The number of carbonyl (C=O) groups is 2. The molecule has 1 aromatic rings. The topological polar surface area (TPSA) is 77.3 Å². The first-order valence-electron chi connectivity index (χ1n) is 3.86. The third-order valence-corrected chi connectivity index (χ3v) is 1.65. The van der Waals surface area contributed by atoms with E-state index in [1.165, 1.54) is 18.2 Å². The summed E-state index contributed by atoms with van der Waals surface area (Å²) in [6, 6.07) is 5.30. The van der Waals surface area contributed by atoms with E-state index >= 15 is 0 Å². The van der Waals surface area contributed by atoms with E-state index in [9.17, 15) is 19.7 Å². The predicted octanol–water partition coefficient (Wildman–Crippen LogP) is 1.37. The highest BCUT2D eigenvalue weighted by molar-refractivity contribution is 6.03. The van der Waals surface area contributed by atoms with Crippen LogP contribution in [0.2, 0.25) is 0 Å². The molecule has 0 fully saturated rings. The van der Waals surface area contributed by atoms with Gasteiger partial charge in [-0.15, -0.1) is 0 Å². The number of nitrogens with zero attached hydrogens (tertiary/aromatic N) is 1. The Morgan fingerprint density at radius 3 is 2.79 bits per heavy atom. The molecule has 0 heterocycles. The molecule has 0 amide bonds. The molecule has 0 atom stereocenters. The molecule has 0 unspecified atom stereocenters. The van der Waals surface area contributed by atoms with Crippen molar-refractivity contribution >= 4 is 17.8 Å². The summed E-state index contributed by atoms with van der Waals surface area (Å²) in [5, 5.41) is 10.4. The molecule has 0 N–H and O–H groups in total. The van der Waals surface area contributed by atoms with Gasteiger partial charge >= 0.3 is 0 Å². The Kier molecular flexibility index (Phi) is 3.06. The third kappa shape index (κ3) is 2.22. The summed E-state index contributed by atoms with van der Waals surface area (Å²) in [6.07, 6.45) is 0.225. The van der Waals surface area contributed by atoms with Crippen molar-refractivity contribution in [1.29, 1.82) is 0 Å². The van der Waals surface area contributed by atoms with Gasteiger partial charge in [0.15, 0.2) is 5.78 Å². The Balaban J connectivity index is 2.99. The lowest BCUT2D eigenvalue weighted by Crippen LogP contribution is -2.00. The third-order valence-electron chi connectivity index (χ3n) is 1.65. The molecule has 0 bridgehead atoms. The number of carbonyl (C=O) groups excluding carboxylic acids is 2.